The van der Waals surface area contributed by atoms with Crippen LogP contribution in [0.4, 0.5) is 4.39 Å². The lowest BCUT2D eigenvalue weighted by atomic mass is 10.1. The largest absolute Gasteiger partial charge is 0.293 e. The lowest BCUT2D eigenvalue weighted by molar-refractivity contribution is 0.102. The van der Waals surface area contributed by atoms with Crippen LogP contribution in [0.1, 0.15) is 29.3 Å². The molecule has 0 aliphatic carbocycles. The van der Waals surface area contributed by atoms with E-state index in [9.17, 15) is 9.18 Å². The first kappa shape index (κ1) is 20.2. The van der Waals surface area contributed by atoms with Crippen LogP contribution < -0.4 is 0 Å². The third-order valence-electron chi connectivity index (χ3n) is 4.93. The molecule has 1 heterocycles. The number of Topliss-reactive ketones (excluding diaryl/α,β-unsaturated/α-hetero) is 1. The molecule has 5 heteroatoms. The van der Waals surface area contributed by atoms with Crippen molar-refractivity contribution in [2.75, 3.05) is 5.75 Å². The Labute approximate surface area is 179 Å². The second-order valence-corrected chi connectivity index (χ2v) is 8.03. The SMILES string of the molecule is CCCc1ccc(C(=O)CSc2nnc(-c3ccc(F)cc3)c3ccccc23)cc1. The summed E-state index contributed by atoms with van der Waals surface area (Å²) in [6.45, 7) is 2.14. The van der Waals surface area contributed by atoms with Gasteiger partial charge in [-0.3, -0.25) is 4.79 Å². The summed E-state index contributed by atoms with van der Waals surface area (Å²) >= 11 is 1.39. The molecule has 4 rings (SSSR count). The van der Waals surface area contributed by atoms with Gasteiger partial charge in [-0.2, -0.15) is 0 Å². The van der Waals surface area contributed by atoms with Gasteiger partial charge in [-0.1, -0.05) is 73.6 Å². The molecule has 0 fully saturated rings. The number of thioether (sulfide) groups is 1. The first-order valence-corrected chi connectivity index (χ1v) is 10.9. The Morgan fingerprint density at radius 1 is 0.900 bits per heavy atom. The predicted octanol–water partition coefficient (Wildman–Crippen LogP) is 6.36. The minimum Gasteiger partial charge on any atom is -0.293 e. The van der Waals surface area contributed by atoms with Gasteiger partial charge in [-0.25, -0.2) is 4.39 Å². The first-order chi connectivity index (χ1) is 14.7. The van der Waals surface area contributed by atoms with Crippen molar-refractivity contribution in [1.82, 2.24) is 10.2 Å². The number of aryl methyl sites for hydroxylation is 1. The van der Waals surface area contributed by atoms with E-state index in [1.807, 2.05) is 48.5 Å². The van der Waals surface area contributed by atoms with Gasteiger partial charge in [0.2, 0.25) is 0 Å². The molecule has 0 amide bonds. The topological polar surface area (TPSA) is 42.9 Å². The highest BCUT2D eigenvalue weighted by atomic mass is 32.2. The maximum absolute atomic E-state index is 13.3. The van der Waals surface area contributed by atoms with Gasteiger partial charge >= 0.3 is 0 Å². The molecule has 0 radical (unpaired) electrons. The van der Waals surface area contributed by atoms with Crippen molar-refractivity contribution >= 4 is 28.3 Å². The number of nitrogens with zero attached hydrogens (tertiary/aromatic N) is 2. The summed E-state index contributed by atoms with van der Waals surface area (Å²) in [5.74, 6) is 0.0720. The zero-order valence-corrected chi connectivity index (χ0v) is 17.5. The highest BCUT2D eigenvalue weighted by Crippen LogP contribution is 2.32. The van der Waals surface area contributed by atoms with Gasteiger partial charge in [0.15, 0.2) is 5.78 Å². The fourth-order valence-corrected chi connectivity index (χ4v) is 4.24. The molecule has 3 nitrogen and oxygen atoms in total. The Balaban J connectivity index is 1.57. The molecule has 0 saturated heterocycles. The molecule has 0 aliphatic heterocycles. The summed E-state index contributed by atoms with van der Waals surface area (Å²) in [5, 5.41) is 11.3. The average Bonchev–Trinajstić information content (AvgIpc) is 2.78. The minimum absolute atomic E-state index is 0.0662. The lowest BCUT2D eigenvalue weighted by Crippen LogP contribution is -2.03. The van der Waals surface area contributed by atoms with E-state index in [1.54, 1.807) is 12.1 Å². The summed E-state index contributed by atoms with van der Waals surface area (Å²) in [6.07, 6.45) is 2.11. The normalized spacial score (nSPS) is 11.0. The first-order valence-electron chi connectivity index (χ1n) is 9.92. The Morgan fingerprint density at radius 3 is 2.30 bits per heavy atom. The molecule has 0 unspecified atom stereocenters. The van der Waals surface area contributed by atoms with Crippen LogP contribution in [0.3, 0.4) is 0 Å². The van der Waals surface area contributed by atoms with Crippen molar-refractivity contribution in [2.45, 2.75) is 24.8 Å². The Kier molecular flexibility index (Phi) is 6.19. The van der Waals surface area contributed by atoms with Crippen molar-refractivity contribution in [3.63, 3.8) is 0 Å². The monoisotopic (exact) mass is 416 g/mol. The van der Waals surface area contributed by atoms with Crippen molar-refractivity contribution in [2.24, 2.45) is 0 Å². The highest BCUT2D eigenvalue weighted by molar-refractivity contribution is 8.00. The quantitative estimate of drug-likeness (QED) is 0.260. The number of hydrogen-bond donors (Lipinski definition) is 0. The van der Waals surface area contributed by atoms with Crippen molar-refractivity contribution in [3.05, 3.63) is 89.7 Å². The van der Waals surface area contributed by atoms with Gasteiger partial charge < -0.3 is 0 Å². The number of rotatable bonds is 7. The summed E-state index contributed by atoms with van der Waals surface area (Å²) in [5.41, 5.74) is 3.46. The second kappa shape index (κ2) is 9.18. The van der Waals surface area contributed by atoms with Crippen LogP contribution in [0, 0.1) is 5.82 Å². The Hall–Kier alpha value is -3.05. The maximum Gasteiger partial charge on any atom is 0.173 e. The number of ketones is 1. The second-order valence-electron chi connectivity index (χ2n) is 7.07. The van der Waals surface area contributed by atoms with Crippen molar-refractivity contribution in [1.29, 1.82) is 0 Å². The van der Waals surface area contributed by atoms with Crippen molar-refractivity contribution in [3.8, 4) is 11.3 Å². The van der Waals surface area contributed by atoms with Gasteiger partial charge in [-0.05, 0) is 36.2 Å². The molecule has 0 atom stereocenters. The van der Waals surface area contributed by atoms with Crippen LogP contribution in [-0.2, 0) is 6.42 Å². The van der Waals surface area contributed by atoms with Crippen molar-refractivity contribution < 1.29 is 9.18 Å². The molecule has 3 aromatic carbocycles. The summed E-state index contributed by atoms with van der Waals surface area (Å²) < 4.78 is 13.3. The molecular formula is C25H21FN2OS. The lowest BCUT2D eigenvalue weighted by Gasteiger charge is -2.09. The molecule has 0 saturated carbocycles. The number of hydrogen-bond acceptors (Lipinski definition) is 4. The number of aromatic nitrogens is 2. The smallest absolute Gasteiger partial charge is 0.173 e. The predicted molar refractivity (Wildman–Crippen MR) is 120 cm³/mol. The standard InChI is InChI=1S/C25H21FN2OS/c1-2-5-17-8-10-18(11-9-17)23(29)16-30-25-22-7-4-3-6-21(22)24(27-28-25)19-12-14-20(26)15-13-19/h3-4,6-15H,2,5,16H2,1H3. The maximum atomic E-state index is 13.3. The molecule has 4 aromatic rings. The fraction of sp³-hybridized carbons (Fsp3) is 0.160. The number of fused-ring (bicyclic) bond motifs is 1. The zero-order valence-electron chi connectivity index (χ0n) is 16.6. The van der Waals surface area contributed by atoms with E-state index in [0.29, 0.717) is 22.0 Å². The molecule has 150 valence electrons. The summed E-state index contributed by atoms with van der Waals surface area (Å²) in [4.78, 5) is 12.6. The van der Waals surface area contributed by atoms with E-state index in [4.69, 9.17) is 0 Å². The van der Waals surface area contributed by atoms with E-state index in [1.165, 1.54) is 29.5 Å². The van der Waals surface area contributed by atoms with Gasteiger partial charge in [-0.15, -0.1) is 10.2 Å². The summed E-state index contributed by atoms with van der Waals surface area (Å²) in [7, 11) is 0. The third-order valence-corrected chi connectivity index (χ3v) is 5.91. The average molecular weight is 417 g/mol. The molecule has 0 aliphatic rings. The van der Waals surface area contributed by atoms with Crippen LogP contribution in [-0.4, -0.2) is 21.7 Å². The molecule has 0 N–H and O–H groups in total. The molecule has 1 aromatic heterocycles. The Morgan fingerprint density at radius 2 is 1.60 bits per heavy atom. The molecular weight excluding hydrogens is 395 g/mol. The molecule has 30 heavy (non-hydrogen) atoms. The molecule has 0 spiro atoms. The van der Waals surface area contributed by atoms with E-state index in [-0.39, 0.29) is 11.6 Å². The van der Waals surface area contributed by atoms with E-state index >= 15 is 0 Å². The van der Waals surface area contributed by atoms with Crippen LogP contribution >= 0.6 is 11.8 Å². The molecule has 0 bridgehead atoms. The summed E-state index contributed by atoms with van der Waals surface area (Å²) in [6, 6.07) is 21.9. The number of benzene rings is 3. The van der Waals surface area contributed by atoms with E-state index < -0.39 is 0 Å². The van der Waals surface area contributed by atoms with E-state index in [2.05, 4.69) is 17.1 Å². The van der Waals surface area contributed by atoms with E-state index in [0.717, 1.165) is 29.2 Å². The van der Waals surface area contributed by atoms with Crippen LogP contribution in [0.25, 0.3) is 22.0 Å². The van der Waals surface area contributed by atoms with Crippen LogP contribution in [0.15, 0.2) is 77.8 Å². The minimum atomic E-state index is -0.288. The zero-order chi connectivity index (χ0) is 20.9. The van der Waals surface area contributed by atoms with Gasteiger partial charge in [0.05, 0.1) is 5.75 Å². The van der Waals surface area contributed by atoms with Gasteiger partial charge in [0, 0.05) is 21.9 Å². The number of halogens is 1. The van der Waals surface area contributed by atoms with Crippen LogP contribution in [0.2, 0.25) is 0 Å². The number of carbonyl (C=O) groups is 1. The fourth-order valence-electron chi connectivity index (χ4n) is 3.37. The number of carbonyl (C=O) groups excluding carboxylic acids is 1. The highest BCUT2D eigenvalue weighted by Gasteiger charge is 2.14. The third kappa shape index (κ3) is 4.41. The van der Waals surface area contributed by atoms with Crippen LogP contribution in [0.5, 0.6) is 0 Å². The van der Waals surface area contributed by atoms with Gasteiger partial charge in [0.1, 0.15) is 16.5 Å². The van der Waals surface area contributed by atoms with Gasteiger partial charge in [0.25, 0.3) is 0 Å². The Bertz CT molecular complexity index is 1170.